The van der Waals surface area contributed by atoms with Gasteiger partial charge >= 0.3 is 0 Å². The monoisotopic (exact) mass is 368 g/mol. The van der Waals surface area contributed by atoms with Gasteiger partial charge in [0.05, 0.1) is 5.69 Å². The Morgan fingerprint density at radius 3 is 2.93 bits per heavy atom. The zero-order valence-corrected chi connectivity index (χ0v) is 15.8. The lowest BCUT2D eigenvalue weighted by Crippen LogP contribution is -2.28. The average molecular weight is 368 g/mol. The molecule has 0 bridgehead atoms. The number of nitrogens with one attached hydrogen (secondary N) is 1. The SMILES string of the molecule is CNC(=O)C(=N/OC)/C(C)=C\COc1ccn(-c2cccc(C3CC3)c2)n1. The Labute approximate surface area is 158 Å². The number of hydrogen-bond acceptors (Lipinski definition) is 5. The summed E-state index contributed by atoms with van der Waals surface area (Å²) in [5, 5.41) is 10.7. The van der Waals surface area contributed by atoms with Gasteiger partial charge in [0, 0.05) is 19.3 Å². The van der Waals surface area contributed by atoms with Gasteiger partial charge in [-0.25, -0.2) is 4.68 Å². The van der Waals surface area contributed by atoms with E-state index in [1.807, 2.05) is 18.3 Å². The highest BCUT2D eigenvalue weighted by Gasteiger charge is 2.23. The van der Waals surface area contributed by atoms with Gasteiger partial charge in [-0.1, -0.05) is 17.3 Å². The van der Waals surface area contributed by atoms with Gasteiger partial charge in [0.1, 0.15) is 13.7 Å². The van der Waals surface area contributed by atoms with E-state index in [1.165, 1.54) is 25.5 Å². The molecule has 1 heterocycles. The maximum absolute atomic E-state index is 11.8. The predicted octanol–water partition coefficient (Wildman–Crippen LogP) is 2.82. The molecule has 1 aromatic heterocycles. The lowest BCUT2D eigenvalue weighted by atomic mass is 10.1. The first kappa shape index (κ1) is 18.7. The molecule has 1 N–H and O–H groups in total. The Morgan fingerprint density at radius 2 is 2.22 bits per heavy atom. The van der Waals surface area contributed by atoms with E-state index in [4.69, 9.17) is 9.57 Å². The summed E-state index contributed by atoms with van der Waals surface area (Å²) >= 11 is 0. The van der Waals surface area contributed by atoms with Crippen molar-refractivity contribution in [3.05, 3.63) is 53.7 Å². The molecule has 0 unspecified atom stereocenters. The molecular formula is C20H24N4O3. The molecule has 1 aromatic carbocycles. The minimum atomic E-state index is -0.314. The molecule has 0 atom stereocenters. The van der Waals surface area contributed by atoms with Crippen molar-refractivity contribution in [2.75, 3.05) is 20.8 Å². The van der Waals surface area contributed by atoms with Crippen molar-refractivity contribution in [2.24, 2.45) is 5.16 Å². The highest BCUT2D eigenvalue weighted by atomic mass is 16.6. The zero-order valence-electron chi connectivity index (χ0n) is 15.8. The number of carbonyl (C=O) groups excluding carboxylic acids is 1. The third kappa shape index (κ3) is 4.75. The molecule has 1 amide bonds. The van der Waals surface area contributed by atoms with Crippen LogP contribution in [0.25, 0.3) is 5.69 Å². The molecule has 7 nitrogen and oxygen atoms in total. The van der Waals surface area contributed by atoms with Crippen LogP contribution in [-0.4, -0.2) is 42.2 Å². The summed E-state index contributed by atoms with van der Waals surface area (Å²) in [6.45, 7) is 2.04. The lowest BCUT2D eigenvalue weighted by molar-refractivity contribution is -0.114. The Hall–Kier alpha value is -3.09. The van der Waals surface area contributed by atoms with Crippen molar-refractivity contribution in [1.29, 1.82) is 0 Å². The fraction of sp³-hybridized carbons (Fsp3) is 0.350. The largest absolute Gasteiger partial charge is 0.472 e. The van der Waals surface area contributed by atoms with Crippen molar-refractivity contribution >= 4 is 11.6 Å². The molecule has 1 aliphatic rings. The molecule has 0 saturated heterocycles. The number of rotatable bonds is 8. The molecule has 142 valence electrons. The minimum Gasteiger partial charge on any atom is -0.472 e. The molecule has 2 aromatic rings. The highest BCUT2D eigenvalue weighted by molar-refractivity contribution is 6.44. The summed E-state index contributed by atoms with van der Waals surface area (Å²) in [7, 11) is 2.94. The number of aromatic nitrogens is 2. The molecule has 3 rings (SSSR count). The van der Waals surface area contributed by atoms with Crippen LogP contribution < -0.4 is 10.1 Å². The topological polar surface area (TPSA) is 77.7 Å². The first-order valence-corrected chi connectivity index (χ1v) is 8.91. The molecule has 0 radical (unpaired) electrons. The van der Waals surface area contributed by atoms with Crippen molar-refractivity contribution in [3.8, 4) is 11.6 Å². The summed E-state index contributed by atoms with van der Waals surface area (Å²) < 4.78 is 7.48. The number of nitrogens with zero attached hydrogens (tertiary/aromatic N) is 3. The summed E-state index contributed by atoms with van der Waals surface area (Å²) in [6, 6.07) is 10.3. The van der Waals surface area contributed by atoms with Gasteiger partial charge in [-0.2, -0.15) is 0 Å². The molecule has 0 aliphatic heterocycles. The minimum absolute atomic E-state index is 0.214. The van der Waals surface area contributed by atoms with Gasteiger partial charge in [-0.05, 0) is 55.0 Å². The smallest absolute Gasteiger partial charge is 0.273 e. The Kier molecular flexibility index (Phi) is 5.90. The molecule has 0 spiro atoms. The Balaban J connectivity index is 1.63. The van der Waals surface area contributed by atoms with E-state index in [1.54, 1.807) is 24.7 Å². The molecular weight excluding hydrogens is 344 g/mol. The number of oxime groups is 1. The number of carbonyl (C=O) groups is 1. The Bertz CT molecular complexity index is 866. The van der Waals surface area contributed by atoms with Crippen molar-refractivity contribution < 1.29 is 14.4 Å². The molecule has 1 saturated carbocycles. The number of benzene rings is 1. The standard InChI is InChI=1S/C20H24N4O3/c1-14(19(23-26-3)20(25)21-2)10-12-27-18-9-11-24(22-18)17-6-4-5-16(13-17)15-7-8-15/h4-6,9-11,13,15H,7-8,12H2,1-3H3,(H,21,25)/b14-10-,23-19+. The van der Waals surface area contributed by atoms with Crippen LogP contribution >= 0.6 is 0 Å². The van der Waals surface area contributed by atoms with Crippen molar-refractivity contribution in [2.45, 2.75) is 25.7 Å². The van der Waals surface area contributed by atoms with Crippen LogP contribution in [0.15, 0.2) is 53.3 Å². The van der Waals surface area contributed by atoms with E-state index < -0.39 is 0 Å². The van der Waals surface area contributed by atoms with Gasteiger partial charge < -0.3 is 14.9 Å². The summed E-state index contributed by atoms with van der Waals surface area (Å²) in [6.07, 6.45) is 6.18. The fourth-order valence-electron chi connectivity index (χ4n) is 2.72. The normalized spacial score (nSPS) is 14.8. The van der Waals surface area contributed by atoms with Crippen LogP contribution in [0.3, 0.4) is 0 Å². The first-order valence-electron chi connectivity index (χ1n) is 8.91. The van der Waals surface area contributed by atoms with Crippen molar-refractivity contribution in [1.82, 2.24) is 15.1 Å². The average Bonchev–Trinajstić information content (AvgIpc) is 3.44. The van der Waals surface area contributed by atoms with E-state index in [0.717, 1.165) is 5.69 Å². The van der Waals surface area contributed by atoms with E-state index in [0.29, 0.717) is 17.4 Å². The van der Waals surface area contributed by atoms with E-state index in [-0.39, 0.29) is 18.2 Å². The van der Waals surface area contributed by atoms with Crippen LogP contribution in [0.2, 0.25) is 0 Å². The molecule has 7 heteroatoms. The quantitative estimate of drug-likeness (QED) is 0.574. The van der Waals surface area contributed by atoms with Crippen LogP contribution in [0.4, 0.5) is 0 Å². The van der Waals surface area contributed by atoms with Gasteiger partial charge in [-0.15, -0.1) is 5.10 Å². The van der Waals surface area contributed by atoms with Crippen LogP contribution in [-0.2, 0) is 9.63 Å². The van der Waals surface area contributed by atoms with Crippen molar-refractivity contribution in [3.63, 3.8) is 0 Å². The zero-order chi connectivity index (χ0) is 19.2. The highest BCUT2D eigenvalue weighted by Crippen LogP contribution is 2.40. The van der Waals surface area contributed by atoms with E-state index >= 15 is 0 Å². The number of amides is 1. The first-order chi connectivity index (χ1) is 13.1. The fourth-order valence-corrected chi connectivity index (χ4v) is 2.72. The second kappa shape index (κ2) is 8.53. The third-order valence-electron chi connectivity index (χ3n) is 4.37. The number of hydrogen-bond donors (Lipinski definition) is 1. The van der Waals surface area contributed by atoms with E-state index in [2.05, 4.69) is 33.8 Å². The molecule has 1 aliphatic carbocycles. The Morgan fingerprint density at radius 1 is 1.41 bits per heavy atom. The van der Waals surface area contributed by atoms with Gasteiger partial charge in [-0.3, -0.25) is 4.79 Å². The summed E-state index contributed by atoms with van der Waals surface area (Å²) in [5.41, 5.74) is 3.26. The van der Waals surface area contributed by atoms with Crippen LogP contribution in [0, 0.1) is 0 Å². The maximum Gasteiger partial charge on any atom is 0.273 e. The lowest BCUT2D eigenvalue weighted by Gasteiger charge is -2.06. The van der Waals surface area contributed by atoms with Gasteiger partial charge in [0.2, 0.25) is 5.88 Å². The molecule has 1 fully saturated rings. The summed E-state index contributed by atoms with van der Waals surface area (Å²) in [5.74, 6) is 0.902. The van der Waals surface area contributed by atoms with Gasteiger partial charge in [0.25, 0.3) is 5.91 Å². The van der Waals surface area contributed by atoms with E-state index in [9.17, 15) is 4.79 Å². The van der Waals surface area contributed by atoms with Gasteiger partial charge in [0.15, 0.2) is 5.71 Å². The van der Waals surface area contributed by atoms with Crippen LogP contribution in [0.1, 0.15) is 31.2 Å². The van der Waals surface area contributed by atoms with Crippen LogP contribution in [0.5, 0.6) is 5.88 Å². The molecule has 27 heavy (non-hydrogen) atoms. The second-order valence-corrected chi connectivity index (χ2v) is 6.37. The second-order valence-electron chi connectivity index (χ2n) is 6.37. The summed E-state index contributed by atoms with van der Waals surface area (Å²) in [4.78, 5) is 16.5. The maximum atomic E-state index is 11.8. The number of ether oxygens (including phenoxy) is 1. The third-order valence-corrected chi connectivity index (χ3v) is 4.37. The predicted molar refractivity (Wildman–Crippen MR) is 103 cm³/mol.